The smallest absolute Gasteiger partial charge is 0.341 e. The van der Waals surface area contributed by atoms with Crippen LogP contribution in [-0.2, 0) is 4.79 Å². The van der Waals surface area contributed by atoms with Crippen molar-refractivity contribution in [1.29, 1.82) is 0 Å². The van der Waals surface area contributed by atoms with Gasteiger partial charge in [-0.2, -0.15) is 0 Å². The lowest BCUT2D eigenvalue weighted by molar-refractivity contribution is -0.132. The lowest BCUT2D eigenvalue weighted by atomic mass is 10.1. The zero-order valence-electron chi connectivity index (χ0n) is 25.9. The monoisotopic (exact) mass is 634 g/mol. The molecule has 3 aromatic carbocycles. The van der Waals surface area contributed by atoms with Gasteiger partial charge in [0.05, 0.1) is 23.3 Å². The van der Waals surface area contributed by atoms with E-state index in [1.165, 1.54) is 17.6 Å². The summed E-state index contributed by atoms with van der Waals surface area (Å²) in [5, 5.41) is 13.1. The van der Waals surface area contributed by atoms with E-state index in [0.717, 1.165) is 61.1 Å². The third-order valence-corrected chi connectivity index (χ3v) is 9.86. The van der Waals surface area contributed by atoms with E-state index in [2.05, 4.69) is 46.2 Å². The van der Waals surface area contributed by atoms with Crippen LogP contribution < -0.4 is 15.2 Å². The number of fused-ring (bicyclic) bond motifs is 4. The maximum atomic E-state index is 15.4. The molecular weight excluding hydrogens is 599 g/mol. The molecule has 3 fully saturated rings. The first kappa shape index (κ1) is 29.4. The van der Waals surface area contributed by atoms with Crippen LogP contribution in [0.5, 0.6) is 0 Å². The number of carboxylic acid groups (broad SMARTS) is 1. The minimum Gasteiger partial charge on any atom is -0.477 e. The Kier molecular flexibility index (Phi) is 7.28. The molecule has 1 amide bonds. The molecule has 47 heavy (non-hydrogen) atoms. The molecule has 3 aliphatic rings. The van der Waals surface area contributed by atoms with Crippen molar-refractivity contribution in [3.05, 3.63) is 88.5 Å². The fourth-order valence-electron chi connectivity index (χ4n) is 7.14. The summed E-state index contributed by atoms with van der Waals surface area (Å²) in [6.07, 6.45) is 3.16. The Hall–Kier alpha value is -5.03. The molecule has 0 bridgehead atoms. The van der Waals surface area contributed by atoms with Crippen molar-refractivity contribution in [3.8, 4) is 0 Å². The SMILES string of the molecule is O=C(O)c1cn(C2CC2)c2cc(N3CCN(C(=O)CN4CCN(c5nc6ccccc6c6ccccc56)CC4)CC3)c(F)cc2c1=O. The van der Waals surface area contributed by atoms with E-state index >= 15 is 4.39 Å². The summed E-state index contributed by atoms with van der Waals surface area (Å²) in [6, 6.07) is 19.6. The number of pyridine rings is 2. The molecule has 240 valence electrons. The molecule has 2 aromatic heterocycles. The Bertz CT molecular complexity index is 2110. The highest BCUT2D eigenvalue weighted by Gasteiger charge is 2.30. The second-order valence-corrected chi connectivity index (χ2v) is 12.8. The van der Waals surface area contributed by atoms with Crippen LogP contribution in [0.2, 0.25) is 0 Å². The molecule has 0 unspecified atom stereocenters. The molecule has 2 aliphatic heterocycles. The maximum Gasteiger partial charge on any atom is 0.341 e. The number of nitrogens with zero attached hydrogens (tertiary/aromatic N) is 6. The van der Waals surface area contributed by atoms with Crippen LogP contribution in [0.15, 0.2) is 71.7 Å². The summed E-state index contributed by atoms with van der Waals surface area (Å²) in [4.78, 5) is 51.2. The molecular formula is C36H35FN6O4. The number of carbonyl (C=O) groups is 2. The van der Waals surface area contributed by atoms with Crippen LogP contribution in [0.1, 0.15) is 29.2 Å². The average molecular weight is 635 g/mol. The normalized spacial score (nSPS) is 17.6. The quantitative estimate of drug-likeness (QED) is 0.275. The number of halogens is 1. The van der Waals surface area contributed by atoms with Crippen LogP contribution >= 0.6 is 0 Å². The Morgan fingerprint density at radius 3 is 2.17 bits per heavy atom. The second-order valence-electron chi connectivity index (χ2n) is 12.8. The largest absolute Gasteiger partial charge is 0.477 e. The lowest BCUT2D eigenvalue weighted by Gasteiger charge is -2.39. The van der Waals surface area contributed by atoms with Crippen LogP contribution in [-0.4, -0.2) is 95.2 Å². The molecule has 11 heteroatoms. The number of hydrogen-bond donors (Lipinski definition) is 1. The number of para-hydroxylation sites is 1. The van der Waals surface area contributed by atoms with Gasteiger partial charge in [0.25, 0.3) is 0 Å². The highest BCUT2D eigenvalue weighted by Crippen LogP contribution is 2.38. The predicted octanol–water partition coefficient (Wildman–Crippen LogP) is 4.35. The number of amides is 1. The molecule has 0 radical (unpaired) electrons. The van der Waals surface area contributed by atoms with Crippen molar-refractivity contribution in [2.75, 3.05) is 68.7 Å². The van der Waals surface area contributed by atoms with Gasteiger partial charge in [-0.25, -0.2) is 14.2 Å². The second kappa shape index (κ2) is 11.6. The summed E-state index contributed by atoms with van der Waals surface area (Å²) < 4.78 is 17.2. The van der Waals surface area contributed by atoms with Gasteiger partial charge in [0.1, 0.15) is 17.2 Å². The van der Waals surface area contributed by atoms with Gasteiger partial charge in [-0.3, -0.25) is 14.5 Å². The zero-order chi connectivity index (χ0) is 32.2. The number of aromatic carboxylic acids is 1. The Labute approximate surface area is 270 Å². The number of piperazine rings is 2. The van der Waals surface area contributed by atoms with E-state index in [9.17, 15) is 19.5 Å². The van der Waals surface area contributed by atoms with Crippen LogP contribution in [0.3, 0.4) is 0 Å². The molecule has 2 saturated heterocycles. The maximum absolute atomic E-state index is 15.4. The molecule has 10 nitrogen and oxygen atoms in total. The molecule has 1 aliphatic carbocycles. The molecule has 4 heterocycles. The summed E-state index contributed by atoms with van der Waals surface area (Å²) in [7, 11) is 0. The number of aromatic nitrogens is 2. The summed E-state index contributed by atoms with van der Waals surface area (Å²) in [5.74, 6) is -0.825. The number of benzene rings is 3. The average Bonchev–Trinajstić information content (AvgIpc) is 3.94. The number of rotatable bonds is 6. The van der Waals surface area contributed by atoms with Gasteiger partial charge in [-0.05, 0) is 36.4 Å². The minimum atomic E-state index is -1.31. The number of anilines is 2. The van der Waals surface area contributed by atoms with Crippen molar-refractivity contribution >= 4 is 56.0 Å². The van der Waals surface area contributed by atoms with Crippen LogP contribution in [0.25, 0.3) is 32.6 Å². The van der Waals surface area contributed by atoms with Crippen LogP contribution in [0.4, 0.5) is 15.9 Å². The third-order valence-electron chi connectivity index (χ3n) is 9.86. The number of carbonyl (C=O) groups excluding carboxylic acids is 1. The number of hydrogen-bond acceptors (Lipinski definition) is 7. The van der Waals surface area contributed by atoms with Crippen LogP contribution in [0, 0.1) is 5.82 Å². The minimum absolute atomic E-state index is 0.0649. The van der Waals surface area contributed by atoms with E-state index in [4.69, 9.17) is 4.98 Å². The third kappa shape index (κ3) is 5.34. The predicted molar refractivity (Wildman–Crippen MR) is 180 cm³/mol. The topological polar surface area (TPSA) is 102 Å². The van der Waals surface area contributed by atoms with Gasteiger partial charge in [-0.15, -0.1) is 0 Å². The Balaban J connectivity index is 0.919. The highest BCUT2D eigenvalue weighted by atomic mass is 19.1. The molecule has 1 saturated carbocycles. The van der Waals surface area contributed by atoms with Crippen molar-refractivity contribution in [1.82, 2.24) is 19.4 Å². The standard InChI is InChI=1S/C36H35FN6O4/c37-29-19-27-31(43(23-9-10-23)21-28(34(27)45)36(46)47)20-32(29)40-15-17-41(18-16-40)33(44)22-39-11-13-42(14-12-39)35-26-7-2-1-5-24(26)25-6-3-4-8-30(25)38-35/h1-8,19-21,23H,9-18,22H2,(H,46,47). The Morgan fingerprint density at radius 1 is 0.809 bits per heavy atom. The van der Waals surface area contributed by atoms with E-state index in [0.29, 0.717) is 43.9 Å². The summed E-state index contributed by atoms with van der Waals surface area (Å²) >= 11 is 0. The van der Waals surface area contributed by atoms with Crippen molar-refractivity contribution in [3.63, 3.8) is 0 Å². The molecule has 8 rings (SSSR count). The van der Waals surface area contributed by atoms with Gasteiger partial charge in [0.15, 0.2) is 0 Å². The van der Waals surface area contributed by atoms with Crippen molar-refractivity contribution in [2.24, 2.45) is 0 Å². The van der Waals surface area contributed by atoms with Crippen molar-refractivity contribution < 1.29 is 19.1 Å². The number of carboxylic acids is 1. The van der Waals surface area contributed by atoms with Crippen molar-refractivity contribution in [2.45, 2.75) is 18.9 Å². The van der Waals surface area contributed by atoms with E-state index < -0.39 is 17.2 Å². The first-order valence-corrected chi connectivity index (χ1v) is 16.2. The summed E-state index contributed by atoms with van der Waals surface area (Å²) in [5.41, 5.74) is 0.874. The Morgan fingerprint density at radius 2 is 1.47 bits per heavy atom. The molecule has 0 atom stereocenters. The first-order chi connectivity index (χ1) is 22.9. The van der Waals surface area contributed by atoms with Gasteiger partial charge in [-0.1, -0.05) is 42.5 Å². The highest BCUT2D eigenvalue weighted by molar-refractivity contribution is 6.10. The van der Waals surface area contributed by atoms with Gasteiger partial charge >= 0.3 is 5.97 Å². The fraction of sp³-hybridized carbons (Fsp3) is 0.333. The molecule has 0 spiro atoms. The van der Waals surface area contributed by atoms with E-state index in [1.807, 2.05) is 21.9 Å². The van der Waals surface area contributed by atoms with Gasteiger partial charge < -0.3 is 24.4 Å². The van der Waals surface area contributed by atoms with Gasteiger partial charge in [0, 0.05) is 80.8 Å². The molecule has 1 N–H and O–H groups in total. The van der Waals surface area contributed by atoms with E-state index in [-0.39, 0.29) is 22.9 Å². The van der Waals surface area contributed by atoms with Gasteiger partial charge in [0.2, 0.25) is 11.3 Å². The zero-order valence-corrected chi connectivity index (χ0v) is 25.9. The lowest BCUT2D eigenvalue weighted by Crippen LogP contribution is -2.54. The fourth-order valence-corrected chi connectivity index (χ4v) is 7.14. The summed E-state index contributed by atoms with van der Waals surface area (Å²) in [6.45, 7) is 5.26. The molecule has 5 aromatic rings. The van der Waals surface area contributed by atoms with E-state index in [1.54, 1.807) is 10.6 Å². The first-order valence-electron chi connectivity index (χ1n) is 16.2.